The molecule has 1 saturated carbocycles. The molecule has 24 heavy (non-hydrogen) atoms. The van der Waals surface area contributed by atoms with Crippen molar-refractivity contribution in [1.82, 2.24) is 9.97 Å². The van der Waals surface area contributed by atoms with Crippen LogP contribution in [0.3, 0.4) is 0 Å². The minimum atomic E-state index is -0.245. The molecule has 1 aromatic carbocycles. The highest BCUT2D eigenvalue weighted by molar-refractivity contribution is 5.76. The summed E-state index contributed by atoms with van der Waals surface area (Å²) < 4.78 is 5.13. The SMILES string of the molecule is CCC.COc1ccc2nc(C#CCCCC3CC3)c(=O)[nH]c2c1. The van der Waals surface area contributed by atoms with Crippen LogP contribution in [0.25, 0.3) is 11.0 Å². The van der Waals surface area contributed by atoms with Crippen LogP contribution in [-0.4, -0.2) is 17.1 Å². The average Bonchev–Trinajstić information content (AvgIpc) is 3.39. The Hall–Kier alpha value is -2.28. The lowest BCUT2D eigenvalue weighted by Gasteiger charge is -2.01. The molecular weight excluding hydrogens is 300 g/mol. The summed E-state index contributed by atoms with van der Waals surface area (Å²) in [5.41, 5.74) is 1.43. The quantitative estimate of drug-likeness (QED) is 0.674. The van der Waals surface area contributed by atoms with E-state index < -0.39 is 0 Å². The summed E-state index contributed by atoms with van der Waals surface area (Å²) in [7, 11) is 1.59. The van der Waals surface area contributed by atoms with Crippen LogP contribution in [-0.2, 0) is 0 Å². The Morgan fingerprint density at radius 1 is 1.33 bits per heavy atom. The van der Waals surface area contributed by atoms with E-state index in [1.54, 1.807) is 13.2 Å². The Labute approximate surface area is 143 Å². The number of unbranched alkanes of at least 4 members (excludes halogenated alkanes) is 1. The van der Waals surface area contributed by atoms with E-state index in [1.165, 1.54) is 25.7 Å². The Morgan fingerprint density at radius 3 is 2.75 bits per heavy atom. The summed E-state index contributed by atoms with van der Waals surface area (Å²) in [5, 5.41) is 0. The lowest BCUT2D eigenvalue weighted by molar-refractivity contribution is 0.415. The summed E-state index contributed by atoms with van der Waals surface area (Å²) in [4.78, 5) is 19.1. The number of fused-ring (bicyclic) bond motifs is 1. The van der Waals surface area contributed by atoms with Crippen LogP contribution >= 0.6 is 0 Å². The number of ether oxygens (including phenoxy) is 1. The second-order valence-corrected chi connectivity index (χ2v) is 6.14. The molecule has 128 valence electrons. The van der Waals surface area contributed by atoms with E-state index in [0.717, 1.165) is 24.3 Å². The Bertz CT molecular complexity index is 780. The molecule has 1 aliphatic rings. The molecule has 0 radical (unpaired) electrons. The summed E-state index contributed by atoms with van der Waals surface area (Å²) >= 11 is 0. The number of nitrogens with one attached hydrogen (secondary N) is 1. The van der Waals surface area contributed by atoms with Crippen molar-refractivity contribution in [2.75, 3.05) is 7.11 Å². The van der Waals surface area contributed by atoms with Crippen molar-refractivity contribution in [3.05, 3.63) is 34.2 Å². The van der Waals surface area contributed by atoms with E-state index in [9.17, 15) is 4.79 Å². The number of hydrogen-bond acceptors (Lipinski definition) is 3. The summed E-state index contributed by atoms with van der Waals surface area (Å²) in [6, 6.07) is 5.40. The molecule has 4 heteroatoms. The van der Waals surface area contributed by atoms with Gasteiger partial charge in [-0.1, -0.05) is 39.0 Å². The normalized spacial score (nSPS) is 12.8. The minimum Gasteiger partial charge on any atom is -0.497 e. The van der Waals surface area contributed by atoms with Gasteiger partial charge in [-0.25, -0.2) is 4.98 Å². The van der Waals surface area contributed by atoms with Crippen molar-refractivity contribution in [1.29, 1.82) is 0 Å². The van der Waals surface area contributed by atoms with Gasteiger partial charge in [0.2, 0.25) is 0 Å². The Kier molecular flexibility index (Phi) is 6.87. The number of hydrogen-bond donors (Lipinski definition) is 1. The van der Waals surface area contributed by atoms with E-state index in [4.69, 9.17) is 4.74 Å². The highest BCUT2D eigenvalue weighted by atomic mass is 16.5. The van der Waals surface area contributed by atoms with Gasteiger partial charge in [-0.3, -0.25) is 4.79 Å². The van der Waals surface area contributed by atoms with Crippen LogP contribution in [0.2, 0.25) is 0 Å². The fourth-order valence-corrected chi connectivity index (χ4v) is 2.31. The number of benzene rings is 1. The van der Waals surface area contributed by atoms with Gasteiger partial charge in [-0.2, -0.15) is 0 Å². The van der Waals surface area contributed by atoms with Crippen LogP contribution < -0.4 is 10.3 Å². The third-order valence-corrected chi connectivity index (χ3v) is 3.72. The van der Waals surface area contributed by atoms with Crippen LogP contribution in [0.5, 0.6) is 5.75 Å². The molecule has 3 rings (SSSR count). The third kappa shape index (κ3) is 5.42. The summed E-state index contributed by atoms with van der Waals surface area (Å²) in [5.74, 6) is 7.58. The molecule has 1 aromatic heterocycles. The first kappa shape index (κ1) is 18.1. The first-order valence-electron chi connectivity index (χ1n) is 8.74. The number of aromatic nitrogens is 2. The van der Waals surface area contributed by atoms with Crippen LogP contribution in [0.15, 0.2) is 23.0 Å². The zero-order valence-electron chi connectivity index (χ0n) is 14.8. The van der Waals surface area contributed by atoms with Gasteiger partial charge in [-0.05, 0) is 36.8 Å². The zero-order valence-corrected chi connectivity index (χ0v) is 14.8. The predicted octanol–water partition coefficient (Wildman–Crippen LogP) is 4.28. The van der Waals surface area contributed by atoms with Crippen molar-refractivity contribution < 1.29 is 4.74 Å². The molecule has 1 aliphatic carbocycles. The van der Waals surface area contributed by atoms with Gasteiger partial charge in [0.25, 0.3) is 5.56 Å². The highest BCUT2D eigenvalue weighted by Gasteiger charge is 2.19. The highest BCUT2D eigenvalue weighted by Crippen LogP contribution is 2.33. The standard InChI is InChI=1S/C17H18N2O2.C3H8/c1-21-13-9-10-14-16(11-13)19-17(20)15(18-14)6-4-2-3-5-12-7-8-12;1-3-2/h9-12H,2-3,5,7-8H2,1H3,(H,19,20);3H2,1-2H3. The van der Waals surface area contributed by atoms with Gasteiger partial charge in [0.15, 0.2) is 5.69 Å². The number of H-pyrrole nitrogens is 1. The molecule has 0 spiro atoms. The Balaban J connectivity index is 0.000000647. The van der Waals surface area contributed by atoms with Crippen LogP contribution in [0, 0.1) is 17.8 Å². The van der Waals surface area contributed by atoms with Crippen molar-refractivity contribution in [2.45, 2.75) is 52.4 Å². The predicted molar refractivity (Wildman–Crippen MR) is 98.3 cm³/mol. The molecule has 1 N–H and O–H groups in total. The second kappa shape index (κ2) is 9.12. The second-order valence-electron chi connectivity index (χ2n) is 6.14. The first-order valence-corrected chi connectivity index (χ1v) is 8.74. The largest absolute Gasteiger partial charge is 0.497 e. The van der Waals surface area contributed by atoms with Crippen LogP contribution in [0.1, 0.15) is 58.1 Å². The lowest BCUT2D eigenvalue weighted by atomic mass is 10.2. The molecule has 2 aromatic rings. The monoisotopic (exact) mass is 326 g/mol. The summed E-state index contributed by atoms with van der Waals surface area (Å²) in [6.07, 6.45) is 7.21. The topological polar surface area (TPSA) is 55.0 Å². The fraction of sp³-hybridized carbons (Fsp3) is 0.500. The Morgan fingerprint density at radius 2 is 2.08 bits per heavy atom. The molecule has 0 bridgehead atoms. The molecule has 1 fully saturated rings. The van der Waals surface area contributed by atoms with Crippen molar-refractivity contribution >= 4 is 11.0 Å². The lowest BCUT2D eigenvalue weighted by Crippen LogP contribution is -2.12. The van der Waals surface area contributed by atoms with Crippen LogP contribution in [0.4, 0.5) is 0 Å². The van der Waals surface area contributed by atoms with Gasteiger partial charge in [0, 0.05) is 12.5 Å². The van der Waals surface area contributed by atoms with Gasteiger partial charge in [-0.15, -0.1) is 0 Å². The number of rotatable bonds is 4. The van der Waals surface area contributed by atoms with E-state index in [1.807, 2.05) is 12.1 Å². The van der Waals surface area contributed by atoms with E-state index >= 15 is 0 Å². The number of aromatic amines is 1. The first-order chi connectivity index (χ1) is 11.7. The molecule has 0 atom stereocenters. The molecule has 0 amide bonds. The molecule has 0 unspecified atom stereocenters. The summed E-state index contributed by atoms with van der Waals surface area (Å²) in [6.45, 7) is 4.25. The number of nitrogens with zero attached hydrogens (tertiary/aromatic N) is 1. The molecule has 0 aliphatic heterocycles. The van der Waals surface area contributed by atoms with Crippen molar-refractivity contribution in [3.8, 4) is 17.6 Å². The molecule has 1 heterocycles. The van der Waals surface area contributed by atoms with E-state index in [0.29, 0.717) is 17.0 Å². The maximum Gasteiger partial charge on any atom is 0.283 e. The average molecular weight is 326 g/mol. The zero-order chi connectivity index (χ0) is 17.4. The fourth-order valence-electron chi connectivity index (χ4n) is 2.31. The van der Waals surface area contributed by atoms with Gasteiger partial charge >= 0.3 is 0 Å². The van der Waals surface area contributed by atoms with Crippen molar-refractivity contribution in [3.63, 3.8) is 0 Å². The smallest absolute Gasteiger partial charge is 0.283 e. The van der Waals surface area contributed by atoms with E-state index in [2.05, 4.69) is 35.7 Å². The minimum absolute atomic E-state index is 0.245. The maximum absolute atomic E-state index is 12.0. The molecule has 0 saturated heterocycles. The van der Waals surface area contributed by atoms with Gasteiger partial charge < -0.3 is 9.72 Å². The van der Waals surface area contributed by atoms with Crippen molar-refractivity contribution in [2.24, 2.45) is 5.92 Å². The number of methoxy groups -OCH3 is 1. The third-order valence-electron chi connectivity index (χ3n) is 3.72. The van der Waals surface area contributed by atoms with E-state index in [-0.39, 0.29) is 5.56 Å². The maximum atomic E-state index is 12.0. The molecular formula is C20H26N2O2. The van der Waals surface area contributed by atoms with Gasteiger partial charge in [0.1, 0.15) is 5.75 Å². The van der Waals surface area contributed by atoms with Gasteiger partial charge in [0.05, 0.1) is 18.1 Å². The molecule has 4 nitrogen and oxygen atoms in total.